The van der Waals surface area contributed by atoms with Crippen LogP contribution < -0.4 is 21.3 Å². The predicted molar refractivity (Wildman–Crippen MR) is 162 cm³/mol. The number of carbonyl (C=O) groups is 2. The molecule has 0 bridgehead atoms. The van der Waals surface area contributed by atoms with Crippen molar-refractivity contribution in [2.75, 3.05) is 18.9 Å². The van der Waals surface area contributed by atoms with Crippen LogP contribution in [0.1, 0.15) is 53.6 Å². The molecule has 0 aliphatic heterocycles. The molecule has 1 atom stereocenters. The second-order valence-corrected chi connectivity index (χ2v) is 10.7. The Labute approximate surface area is 248 Å². The second-order valence-electron chi connectivity index (χ2n) is 10.7. The van der Waals surface area contributed by atoms with Crippen LogP contribution in [0.3, 0.4) is 0 Å². The molecule has 0 spiro atoms. The van der Waals surface area contributed by atoms with Crippen LogP contribution in [0, 0.1) is 11.7 Å². The highest BCUT2D eigenvalue weighted by Gasteiger charge is 2.47. The van der Waals surface area contributed by atoms with E-state index < -0.39 is 28.7 Å². The van der Waals surface area contributed by atoms with E-state index in [0.29, 0.717) is 31.0 Å². The lowest BCUT2D eigenvalue weighted by atomic mass is 9.76. The van der Waals surface area contributed by atoms with Gasteiger partial charge in [0.25, 0.3) is 5.56 Å². The zero-order chi connectivity index (χ0) is 30.4. The molecule has 1 aliphatic carbocycles. The molecule has 5 rings (SSSR count). The van der Waals surface area contributed by atoms with E-state index in [1.807, 2.05) is 30.3 Å². The smallest absolute Gasteiger partial charge is 0.328 e. The van der Waals surface area contributed by atoms with Gasteiger partial charge in [-0.05, 0) is 91.9 Å². The molecular weight excluding hydrogens is 549 g/mol. The van der Waals surface area contributed by atoms with E-state index in [1.54, 1.807) is 24.3 Å². The average molecular weight is 584 g/mol. The number of halogens is 1. The van der Waals surface area contributed by atoms with E-state index in [-0.39, 0.29) is 22.9 Å². The molecule has 9 heteroatoms. The molecule has 4 aromatic rings. The minimum atomic E-state index is -1.14. The number of hydrogen-bond acceptors (Lipinski definition) is 6. The highest BCUT2D eigenvalue weighted by Crippen LogP contribution is 2.41. The molecule has 4 N–H and O–H groups in total. The highest BCUT2D eigenvalue weighted by atomic mass is 19.1. The van der Waals surface area contributed by atoms with Gasteiger partial charge >= 0.3 is 5.97 Å². The van der Waals surface area contributed by atoms with Gasteiger partial charge in [-0.3, -0.25) is 19.5 Å². The van der Waals surface area contributed by atoms with Crippen molar-refractivity contribution in [2.24, 2.45) is 5.92 Å². The van der Waals surface area contributed by atoms with Crippen LogP contribution in [-0.2, 0) is 10.3 Å². The number of benzene rings is 3. The summed E-state index contributed by atoms with van der Waals surface area (Å²) in [5, 5.41) is 13.8. The largest absolute Gasteiger partial charge is 0.494 e. The third kappa shape index (κ3) is 6.22. The monoisotopic (exact) mass is 583 g/mol. The highest BCUT2D eigenvalue weighted by molar-refractivity contribution is 6.11. The van der Waals surface area contributed by atoms with Crippen LogP contribution in [0.4, 0.5) is 10.2 Å². The van der Waals surface area contributed by atoms with Crippen molar-refractivity contribution in [1.82, 2.24) is 9.88 Å². The molecule has 1 saturated carbocycles. The number of carboxylic acid groups (broad SMARTS) is 1. The molecule has 0 radical (unpaired) electrons. The first-order valence-corrected chi connectivity index (χ1v) is 14.4. The zero-order valence-corrected chi connectivity index (χ0v) is 23.7. The number of nitrogens with one attached hydrogen (secondary N) is 1. The maximum atomic E-state index is 13.3. The fraction of sp³-hybridized carbons (Fsp3) is 0.265. The van der Waals surface area contributed by atoms with Crippen LogP contribution >= 0.6 is 0 Å². The van der Waals surface area contributed by atoms with E-state index in [0.717, 1.165) is 31.2 Å². The molecule has 1 aromatic heterocycles. The van der Waals surface area contributed by atoms with E-state index in [4.69, 9.17) is 10.5 Å². The lowest BCUT2D eigenvalue weighted by Gasteiger charge is -2.37. The van der Waals surface area contributed by atoms with Crippen LogP contribution in [0.2, 0.25) is 0 Å². The number of anilines is 1. The number of pyridine rings is 1. The number of carboxylic acids is 1. The Balaban J connectivity index is 1.23. The first-order chi connectivity index (χ1) is 20.8. The number of ketones is 1. The number of ether oxygens (including phenoxy) is 1. The maximum absolute atomic E-state index is 13.3. The van der Waals surface area contributed by atoms with Crippen LogP contribution in [0.5, 0.6) is 5.75 Å². The number of hydrogen-bond donors (Lipinski definition) is 3. The van der Waals surface area contributed by atoms with Gasteiger partial charge < -0.3 is 15.6 Å². The number of nitrogens with two attached hydrogens (primary N) is 1. The minimum Gasteiger partial charge on any atom is -0.494 e. The van der Waals surface area contributed by atoms with E-state index >= 15 is 0 Å². The number of aromatic nitrogens is 1. The van der Waals surface area contributed by atoms with Gasteiger partial charge in [0.1, 0.15) is 22.9 Å². The Kier molecular flexibility index (Phi) is 9.01. The molecule has 1 heterocycles. The van der Waals surface area contributed by atoms with Crippen molar-refractivity contribution in [3.05, 3.63) is 124 Å². The lowest BCUT2D eigenvalue weighted by Crippen LogP contribution is -2.54. The topological polar surface area (TPSA) is 124 Å². The Morgan fingerprint density at radius 2 is 1.63 bits per heavy atom. The summed E-state index contributed by atoms with van der Waals surface area (Å²) in [4.78, 5) is 38.3. The Morgan fingerprint density at radius 1 is 0.953 bits per heavy atom. The van der Waals surface area contributed by atoms with E-state index in [1.165, 1.54) is 41.0 Å². The number of nitrogen functional groups attached to an aromatic ring is 1. The van der Waals surface area contributed by atoms with Gasteiger partial charge in [-0.2, -0.15) is 0 Å². The molecule has 8 nitrogen and oxygen atoms in total. The second kappa shape index (κ2) is 13.0. The minimum absolute atomic E-state index is 0.0150. The molecule has 1 aliphatic rings. The summed E-state index contributed by atoms with van der Waals surface area (Å²) in [5.74, 6) is -1.19. The molecule has 0 amide bonds. The van der Waals surface area contributed by atoms with Gasteiger partial charge in [-0.1, -0.05) is 43.2 Å². The summed E-state index contributed by atoms with van der Waals surface area (Å²) in [6.45, 7) is 0.807. The quantitative estimate of drug-likeness (QED) is 0.152. The van der Waals surface area contributed by atoms with Crippen molar-refractivity contribution in [1.29, 1.82) is 0 Å². The molecule has 222 valence electrons. The third-order valence-electron chi connectivity index (χ3n) is 8.10. The van der Waals surface area contributed by atoms with Crippen molar-refractivity contribution < 1.29 is 23.8 Å². The molecule has 1 unspecified atom stereocenters. The maximum Gasteiger partial charge on any atom is 0.328 e. The summed E-state index contributed by atoms with van der Waals surface area (Å²) in [5.41, 5.74) is 6.33. The fourth-order valence-electron chi connectivity index (χ4n) is 5.92. The third-order valence-corrected chi connectivity index (χ3v) is 8.10. The Bertz CT molecular complexity index is 1630. The lowest BCUT2D eigenvalue weighted by molar-refractivity contribution is -0.148. The summed E-state index contributed by atoms with van der Waals surface area (Å²) >= 11 is 0. The Morgan fingerprint density at radius 3 is 2.28 bits per heavy atom. The van der Waals surface area contributed by atoms with Crippen LogP contribution in [0.25, 0.3) is 5.69 Å². The number of rotatable bonds is 12. The van der Waals surface area contributed by atoms with E-state index in [2.05, 4.69) is 5.32 Å². The standard InChI is InChI=1S/C34H34FN3O5/c35-26-13-11-23(12-14-26)31(40)29-19-20-30(39)38(32(29)36)27-15-17-28(18-16-27)43-22-6-21-37-34(33(41)42,25-9-4-5-10-25)24-7-2-1-3-8-24/h1-3,7-8,11-20,25,37H,4-6,9-10,21-22,36H2,(H,41,42). The van der Waals surface area contributed by atoms with Crippen molar-refractivity contribution in [3.63, 3.8) is 0 Å². The van der Waals surface area contributed by atoms with Gasteiger partial charge in [-0.15, -0.1) is 0 Å². The van der Waals surface area contributed by atoms with E-state index in [9.17, 15) is 23.9 Å². The molecule has 43 heavy (non-hydrogen) atoms. The van der Waals surface area contributed by atoms with Crippen molar-refractivity contribution in [3.8, 4) is 11.4 Å². The van der Waals surface area contributed by atoms with Gasteiger partial charge in [0.05, 0.1) is 17.9 Å². The van der Waals surface area contributed by atoms with Gasteiger partial charge in [0.2, 0.25) is 0 Å². The number of carbonyl (C=O) groups excluding carboxylic acids is 1. The van der Waals surface area contributed by atoms with Crippen LogP contribution in [-0.4, -0.2) is 34.6 Å². The van der Waals surface area contributed by atoms with Crippen LogP contribution in [0.15, 0.2) is 95.8 Å². The summed E-state index contributed by atoms with van der Waals surface area (Å²) in [7, 11) is 0. The molecule has 3 aromatic carbocycles. The SMILES string of the molecule is Nc1c(C(=O)c2ccc(F)cc2)ccc(=O)n1-c1ccc(OCCCNC(C(=O)O)(c2ccccc2)C2CCCC2)cc1. The molecule has 0 saturated heterocycles. The van der Waals surface area contributed by atoms with Gasteiger partial charge in [-0.25, -0.2) is 9.18 Å². The first-order valence-electron chi connectivity index (χ1n) is 14.4. The average Bonchev–Trinajstić information content (AvgIpc) is 3.56. The van der Waals surface area contributed by atoms with Gasteiger partial charge in [0.15, 0.2) is 5.78 Å². The predicted octanol–water partition coefficient (Wildman–Crippen LogP) is 5.32. The zero-order valence-electron chi connectivity index (χ0n) is 23.7. The summed E-state index contributed by atoms with van der Waals surface area (Å²) in [6, 6.07) is 23.9. The normalized spacial score (nSPS) is 14.7. The van der Waals surface area contributed by atoms with Crippen molar-refractivity contribution >= 4 is 17.6 Å². The Hall–Kier alpha value is -4.76. The van der Waals surface area contributed by atoms with Crippen molar-refractivity contribution in [2.45, 2.75) is 37.6 Å². The first kappa shape index (κ1) is 29.7. The summed E-state index contributed by atoms with van der Waals surface area (Å²) in [6.07, 6.45) is 4.37. The van der Waals surface area contributed by atoms with Gasteiger partial charge in [0, 0.05) is 11.6 Å². The number of nitrogens with zero attached hydrogens (tertiary/aromatic N) is 1. The fourth-order valence-corrected chi connectivity index (χ4v) is 5.92. The molecular formula is C34H34FN3O5. The number of aliphatic carboxylic acids is 1. The summed E-state index contributed by atoms with van der Waals surface area (Å²) < 4.78 is 20.4. The molecule has 1 fully saturated rings.